The molecule has 7 nitrogen and oxygen atoms in total. The van der Waals surface area contributed by atoms with E-state index in [9.17, 15) is 4.79 Å². The van der Waals surface area contributed by atoms with Gasteiger partial charge in [0.25, 0.3) is 0 Å². The molecule has 1 aliphatic carbocycles. The summed E-state index contributed by atoms with van der Waals surface area (Å²) in [6, 6.07) is 17.2. The van der Waals surface area contributed by atoms with Crippen molar-refractivity contribution < 1.29 is 4.79 Å². The van der Waals surface area contributed by atoms with Gasteiger partial charge in [0.15, 0.2) is 11.5 Å². The fourth-order valence-corrected chi connectivity index (χ4v) is 5.89. The van der Waals surface area contributed by atoms with Crippen LogP contribution in [0.15, 0.2) is 106 Å². The fraction of sp³-hybridized carbons (Fsp3) is 0.235. The van der Waals surface area contributed by atoms with Crippen LogP contribution in [0.4, 0.5) is 0 Å². The third kappa shape index (κ3) is 7.80. The zero-order chi connectivity index (χ0) is 31.4. The number of aromatic nitrogens is 3. The van der Waals surface area contributed by atoms with E-state index in [1.807, 2.05) is 73.8 Å². The molecule has 1 aliphatic rings. The monoisotopic (exact) mass is 644 g/mol. The third-order valence-electron chi connectivity index (χ3n) is 7.11. The number of carbonyl (C=O) groups is 1. The van der Waals surface area contributed by atoms with Gasteiger partial charge in [-0.3, -0.25) is 9.20 Å². The highest BCUT2D eigenvalue weighted by Gasteiger charge is 2.18. The molecule has 2 heterocycles. The van der Waals surface area contributed by atoms with E-state index in [1.165, 1.54) is 5.57 Å². The lowest BCUT2D eigenvalue weighted by Gasteiger charge is -2.21. The quantitative estimate of drug-likeness (QED) is 0.159. The fourth-order valence-electron chi connectivity index (χ4n) is 4.49. The molecule has 2 aromatic heterocycles. The Hall–Kier alpha value is -3.85. The molecule has 2 aromatic carbocycles. The summed E-state index contributed by atoms with van der Waals surface area (Å²) in [7, 11) is 0. The highest BCUT2D eigenvalue weighted by Crippen LogP contribution is 2.35. The lowest BCUT2D eigenvalue weighted by Crippen LogP contribution is -2.34. The van der Waals surface area contributed by atoms with Gasteiger partial charge in [-0.25, -0.2) is 0 Å². The van der Waals surface area contributed by atoms with Gasteiger partial charge >= 0.3 is 0 Å². The third-order valence-corrected chi connectivity index (χ3v) is 8.72. The second-order valence-electron chi connectivity index (χ2n) is 11.7. The average molecular weight is 646 g/mol. The van der Waals surface area contributed by atoms with Gasteiger partial charge in [0.1, 0.15) is 5.82 Å². The van der Waals surface area contributed by atoms with E-state index in [2.05, 4.69) is 33.8 Å². The minimum absolute atomic E-state index is 0.155. The van der Waals surface area contributed by atoms with Gasteiger partial charge in [-0.15, -0.1) is 10.2 Å². The Labute approximate surface area is 272 Å². The zero-order valence-corrected chi connectivity index (χ0v) is 27.4. The number of benzene rings is 2. The maximum atomic E-state index is 13.1. The second kappa shape index (κ2) is 13.4. The maximum absolute atomic E-state index is 13.1. The molecular formula is C34H34Cl2N6OS. The van der Waals surface area contributed by atoms with Crippen LogP contribution in [-0.2, 0) is 11.2 Å². The number of halogens is 2. The number of nitrogens with zero attached hydrogens (tertiary/aromatic N) is 3. The van der Waals surface area contributed by atoms with Crippen LogP contribution in [0.3, 0.4) is 0 Å². The molecule has 0 radical (unpaired) electrons. The van der Waals surface area contributed by atoms with Crippen molar-refractivity contribution >= 4 is 52.2 Å². The number of fused-ring (bicyclic) bond motifs is 1. The van der Waals surface area contributed by atoms with E-state index >= 15 is 0 Å². The number of nitrogens with one attached hydrogen (secondary N) is 3. The number of allylic oxidation sites excluding steroid dienone is 5. The largest absolute Gasteiger partial charge is 0.345 e. The van der Waals surface area contributed by atoms with E-state index < -0.39 is 0 Å². The molecule has 0 atom stereocenters. The molecule has 10 heteroatoms. The van der Waals surface area contributed by atoms with Crippen molar-refractivity contribution in [3.63, 3.8) is 0 Å². The highest BCUT2D eigenvalue weighted by molar-refractivity contribution is 7.99. The molecule has 5 rings (SSSR count). The SMILES string of the molecule is CC1=CC=C(N/C(=C\C(=N)C(C)(C)C)NC(=O)Cc2ccc(Sc3ccc4nnc(-c5c(Cl)cccc5Cl)n4c3)cc2)CC1. The molecule has 1 amide bonds. The number of hydrogen-bond acceptors (Lipinski definition) is 6. The van der Waals surface area contributed by atoms with Crippen molar-refractivity contribution in [3.8, 4) is 11.4 Å². The molecule has 0 fully saturated rings. The summed E-state index contributed by atoms with van der Waals surface area (Å²) < 4.78 is 1.88. The van der Waals surface area contributed by atoms with Crippen molar-refractivity contribution in [1.82, 2.24) is 25.2 Å². The van der Waals surface area contributed by atoms with Crippen LogP contribution in [0.25, 0.3) is 17.0 Å². The van der Waals surface area contributed by atoms with Crippen molar-refractivity contribution in [2.45, 2.75) is 56.7 Å². The molecule has 0 saturated heterocycles. The van der Waals surface area contributed by atoms with Crippen LogP contribution in [0.5, 0.6) is 0 Å². The lowest BCUT2D eigenvalue weighted by molar-refractivity contribution is -0.119. The second-order valence-corrected chi connectivity index (χ2v) is 13.7. The van der Waals surface area contributed by atoms with E-state index in [1.54, 1.807) is 36.0 Å². The van der Waals surface area contributed by atoms with E-state index in [0.29, 0.717) is 38.6 Å². The summed E-state index contributed by atoms with van der Waals surface area (Å²) in [4.78, 5) is 15.1. The van der Waals surface area contributed by atoms with Crippen LogP contribution < -0.4 is 10.6 Å². The van der Waals surface area contributed by atoms with Gasteiger partial charge in [0.05, 0.1) is 22.0 Å². The molecule has 0 spiro atoms. The zero-order valence-electron chi connectivity index (χ0n) is 25.0. The predicted molar refractivity (Wildman–Crippen MR) is 180 cm³/mol. The summed E-state index contributed by atoms with van der Waals surface area (Å²) in [5.74, 6) is 0.937. The molecule has 226 valence electrons. The van der Waals surface area contributed by atoms with Gasteiger partial charge < -0.3 is 16.0 Å². The number of amides is 1. The van der Waals surface area contributed by atoms with Gasteiger partial charge in [-0.05, 0) is 67.8 Å². The van der Waals surface area contributed by atoms with Gasteiger partial charge in [0.2, 0.25) is 5.91 Å². The van der Waals surface area contributed by atoms with Gasteiger partial charge in [-0.1, -0.05) is 85.6 Å². The summed E-state index contributed by atoms with van der Waals surface area (Å²) in [6.45, 7) is 8.05. The van der Waals surface area contributed by atoms with Crippen molar-refractivity contribution in [3.05, 3.63) is 112 Å². The summed E-state index contributed by atoms with van der Waals surface area (Å²) >= 11 is 14.5. The predicted octanol–water partition coefficient (Wildman–Crippen LogP) is 8.63. The maximum Gasteiger partial charge on any atom is 0.229 e. The minimum Gasteiger partial charge on any atom is -0.345 e. The van der Waals surface area contributed by atoms with E-state index in [0.717, 1.165) is 33.9 Å². The first kappa shape index (κ1) is 31.6. The molecular weight excluding hydrogens is 611 g/mol. The van der Waals surface area contributed by atoms with Crippen LogP contribution in [-0.4, -0.2) is 26.2 Å². The molecule has 0 aliphatic heterocycles. The Morgan fingerprint density at radius 3 is 2.36 bits per heavy atom. The summed E-state index contributed by atoms with van der Waals surface area (Å²) in [5.41, 5.74) is 4.63. The topological polar surface area (TPSA) is 95.2 Å². The van der Waals surface area contributed by atoms with Crippen LogP contribution in [0.1, 0.15) is 46.1 Å². The Morgan fingerprint density at radius 2 is 1.70 bits per heavy atom. The standard InChI is InChI=1S/C34H34Cl2N6OS/c1-21-8-12-23(13-9-21)38-29(19-28(37)34(2,3)4)39-31(43)18-22-10-14-24(15-11-22)44-25-16-17-30-40-41-33(42(30)20-25)32-26(35)6-5-7-27(32)36/h5-8,10-12,14-17,19-20,37-38H,9,13,18H2,1-4H3,(H,39,43)/b29-19+,37-28?. The van der Waals surface area contributed by atoms with Gasteiger partial charge in [-0.2, -0.15) is 0 Å². The summed E-state index contributed by atoms with van der Waals surface area (Å²) in [5, 5.41) is 24.4. The van der Waals surface area contributed by atoms with Gasteiger partial charge in [0, 0.05) is 38.9 Å². The Morgan fingerprint density at radius 1 is 1.00 bits per heavy atom. The van der Waals surface area contributed by atoms with Crippen molar-refractivity contribution in [1.29, 1.82) is 5.41 Å². The first-order valence-electron chi connectivity index (χ1n) is 14.3. The first-order chi connectivity index (χ1) is 21.0. The van der Waals surface area contributed by atoms with Crippen molar-refractivity contribution in [2.24, 2.45) is 5.41 Å². The molecule has 4 aromatic rings. The van der Waals surface area contributed by atoms with Crippen LogP contribution in [0.2, 0.25) is 10.0 Å². The Balaban J connectivity index is 1.27. The number of pyridine rings is 1. The highest BCUT2D eigenvalue weighted by atomic mass is 35.5. The molecule has 0 saturated carbocycles. The molecule has 44 heavy (non-hydrogen) atoms. The number of hydrogen-bond donors (Lipinski definition) is 3. The molecule has 3 N–H and O–H groups in total. The molecule has 0 bridgehead atoms. The smallest absolute Gasteiger partial charge is 0.229 e. The van der Waals surface area contributed by atoms with E-state index in [4.69, 9.17) is 28.6 Å². The lowest BCUT2D eigenvalue weighted by atomic mass is 9.90. The average Bonchev–Trinajstić information content (AvgIpc) is 3.37. The number of rotatable bonds is 9. The van der Waals surface area contributed by atoms with Crippen LogP contribution >= 0.6 is 35.0 Å². The first-order valence-corrected chi connectivity index (χ1v) is 15.8. The van der Waals surface area contributed by atoms with E-state index in [-0.39, 0.29) is 17.7 Å². The normalized spacial score (nSPS) is 13.8. The summed E-state index contributed by atoms with van der Waals surface area (Å²) in [6.07, 6.45) is 9.82. The Kier molecular flexibility index (Phi) is 9.63. The Bertz CT molecular complexity index is 1800. The number of carbonyl (C=O) groups excluding carboxylic acids is 1. The minimum atomic E-state index is -0.343. The van der Waals surface area contributed by atoms with Crippen LogP contribution in [0, 0.1) is 10.8 Å². The molecule has 0 unspecified atom stereocenters. The van der Waals surface area contributed by atoms with Crippen molar-refractivity contribution in [2.75, 3.05) is 0 Å².